The van der Waals surface area contributed by atoms with Crippen molar-refractivity contribution >= 4 is 0 Å². The van der Waals surface area contributed by atoms with Crippen molar-refractivity contribution < 1.29 is 9.84 Å². The monoisotopic (exact) mass is 240 g/mol. The molecule has 1 heterocycles. The molecule has 2 rings (SSSR count). The van der Waals surface area contributed by atoms with Crippen molar-refractivity contribution in [2.45, 2.75) is 32.4 Å². The summed E-state index contributed by atoms with van der Waals surface area (Å²) in [7, 11) is 0. The number of nitrogens with two attached hydrogens (primary N) is 1. The zero-order valence-electron chi connectivity index (χ0n) is 10.0. The number of hydrogen-bond acceptors (Lipinski definition) is 5. The summed E-state index contributed by atoms with van der Waals surface area (Å²) in [5.74, 6) is 0.788. The molecule has 1 saturated carbocycles. The second-order valence-corrected chi connectivity index (χ2v) is 4.39. The Labute approximate surface area is 101 Å². The summed E-state index contributed by atoms with van der Waals surface area (Å²) in [6.45, 7) is 2.09. The van der Waals surface area contributed by atoms with Gasteiger partial charge in [0.25, 0.3) is 0 Å². The van der Waals surface area contributed by atoms with Crippen molar-refractivity contribution in [2.75, 3.05) is 19.8 Å². The second-order valence-electron chi connectivity index (χ2n) is 4.39. The average Bonchev–Trinajstić information content (AvgIpc) is 3.07. The highest BCUT2D eigenvalue weighted by Crippen LogP contribution is 2.33. The second kappa shape index (κ2) is 6.09. The lowest BCUT2D eigenvalue weighted by Gasteiger charge is -2.07. The van der Waals surface area contributed by atoms with Gasteiger partial charge in [-0.25, -0.2) is 4.68 Å². The zero-order chi connectivity index (χ0) is 12.1. The Morgan fingerprint density at radius 1 is 1.41 bits per heavy atom. The highest BCUT2D eigenvalue weighted by molar-refractivity contribution is 5.12. The van der Waals surface area contributed by atoms with Gasteiger partial charge in [-0.1, -0.05) is 5.21 Å². The standard InChI is InChI=1S/C11H20N4O2/c12-8-10-11(7-9-1-2-9)15(14-13-10)3-5-17-6-4-16/h9,16H,1-8,12H2. The van der Waals surface area contributed by atoms with Gasteiger partial charge in [-0.2, -0.15) is 0 Å². The van der Waals surface area contributed by atoms with E-state index in [2.05, 4.69) is 10.3 Å². The third kappa shape index (κ3) is 3.49. The molecule has 0 unspecified atom stereocenters. The Morgan fingerprint density at radius 2 is 2.24 bits per heavy atom. The molecule has 0 saturated heterocycles. The maximum atomic E-state index is 8.61. The Balaban J connectivity index is 1.91. The van der Waals surface area contributed by atoms with Crippen LogP contribution in [0.1, 0.15) is 24.2 Å². The number of aliphatic hydroxyl groups is 1. The molecule has 1 aromatic heterocycles. The zero-order valence-corrected chi connectivity index (χ0v) is 10.0. The summed E-state index contributed by atoms with van der Waals surface area (Å²) in [6, 6.07) is 0. The fraction of sp³-hybridized carbons (Fsp3) is 0.818. The molecule has 1 aliphatic carbocycles. The van der Waals surface area contributed by atoms with Crippen LogP contribution in [0.2, 0.25) is 0 Å². The first-order valence-corrected chi connectivity index (χ1v) is 6.15. The summed E-state index contributed by atoms with van der Waals surface area (Å²) in [5, 5.41) is 16.8. The van der Waals surface area contributed by atoms with Crippen molar-refractivity contribution in [1.29, 1.82) is 0 Å². The molecule has 1 aliphatic rings. The van der Waals surface area contributed by atoms with E-state index >= 15 is 0 Å². The van der Waals surface area contributed by atoms with Gasteiger partial charge in [0.05, 0.1) is 37.8 Å². The highest BCUT2D eigenvalue weighted by Gasteiger charge is 2.25. The third-order valence-corrected chi connectivity index (χ3v) is 2.97. The van der Waals surface area contributed by atoms with Crippen LogP contribution in [0.3, 0.4) is 0 Å². The number of nitrogens with zero attached hydrogens (tertiary/aromatic N) is 3. The van der Waals surface area contributed by atoms with Crippen molar-refractivity contribution in [3.05, 3.63) is 11.4 Å². The van der Waals surface area contributed by atoms with Crippen LogP contribution in [0.25, 0.3) is 0 Å². The van der Waals surface area contributed by atoms with Crippen LogP contribution in [-0.4, -0.2) is 39.9 Å². The minimum Gasteiger partial charge on any atom is -0.394 e. The van der Waals surface area contributed by atoms with E-state index < -0.39 is 0 Å². The molecule has 17 heavy (non-hydrogen) atoms. The summed E-state index contributed by atoms with van der Waals surface area (Å²) in [6.07, 6.45) is 3.63. The minimum atomic E-state index is 0.0559. The number of aromatic nitrogens is 3. The van der Waals surface area contributed by atoms with Crippen molar-refractivity contribution in [3.63, 3.8) is 0 Å². The normalized spacial score (nSPS) is 15.4. The SMILES string of the molecule is NCc1nnn(CCOCCO)c1CC1CC1. The molecule has 3 N–H and O–H groups in total. The Morgan fingerprint density at radius 3 is 2.88 bits per heavy atom. The van der Waals surface area contributed by atoms with Gasteiger partial charge < -0.3 is 15.6 Å². The first-order chi connectivity index (χ1) is 8.35. The predicted molar refractivity (Wildman–Crippen MR) is 62.2 cm³/mol. The molecule has 0 aliphatic heterocycles. The molecular weight excluding hydrogens is 220 g/mol. The molecule has 0 bridgehead atoms. The molecule has 6 nitrogen and oxygen atoms in total. The summed E-state index contributed by atoms with van der Waals surface area (Å²) in [5.41, 5.74) is 7.71. The Kier molecular flexibility index (Phi) is 4.47. The van der Waals surface area contributed by atoms with E-state index in [4.69, 9.17) is 15.6 Å². The fourth-order valence-corrected chi connectivity index (χ4v) is 1.84. The van der Waals surface area contributed by atoms with Crippen LogP contribution in [0.4, 0.5) is 0 Å². The van der Waals surface area contributed by atoms with Gasteiger partial charge in [-0.3, -0.25) is 0 Å². The predicted octanol–water partition coefficient (Wildman–Crippen LogP) is -0.302. The molecule has 96 valence electrons. The average molecular weight is 240 g/mol. The lowest BCUT2D eigenvalue weighted by Crippen LogP contribution is -2.13. The molecule has 0 aromatic carbocycles. The van der Waals surface area contributed by atoms with E-state index in [9.17, 15) is 0 Å². The molecule has 1 aromatic rings. The maximum absolute atomic E-state index is 8.61. The van der Waals surface area contributed by atoms with Gasteiger partial charge in [-0.05, 0) is 25.2 Å². The quantitative estimate of drug-likeness (QED) is 0.609. The maximum Gasteiger partial charge on any atom is 0.0994 e. The van der Waals surface area contributed by atoms with E-state index in [0.29, 0.717) is 26.3 Å². The van der Waals surface area contributed by atoms with Gasteiger partial charge in [0, 0.05) is 6.54 Å². The van der Waals surface area contributed by atoms with E-state index in [-0.39, 0.29) is 6.61 Å². The van der Waals surface area contributed by atoms with Gasteiger partial charge in [-0.15, -0.1) is 5.10 Å². The van der Waals surface area contributed by atoms with Crippen molar-refractivity contribution in [3.8, 4) is 0 Å². The highest BCUT2D eigenvalue weighted by atomic mass is 16.5. The number of aliphatic hydroxyl groups excluding tert-OH is 1. The molecule has 0 atom stereocenters. The first kappa shape index (κ1) is 12.5. The number of ether oxygens (including phenoxy) is 1. The largest absolute Gasteiger partial charge is 0.394 e. The van der Waals surface area contributed by atoms with E-state index in [1.54, 1.807) is 0 Å². The van der Waals surface area contributed by atoms with Crippen molar-refractivity contribution in [1.82, 2.24) is 15.0 Å². The van der Waals surface area contributed by atoms with Crippen LogP contribution in [-0.2, 0) is 24.2 Å². The minimum absolute atomic E-state index is 0.0559. The number of rotatable bonds is 8. The van der Waals surface area contributed by atoms with Crippen LogP contribution in [0.15, 0.2) is 0 Å². The van der Waals surface area contributed by atoms with Gasteiger partial charge in [0.15, 0.2) is 0 Å². The molecule has 6 heteroatoms. The summed E-state index contributed by atoms with van der Waals surface area (Å²) < 4.78 is 7.12. The topological polar surface area (TPSA) is 86.2 Å². The molecule has 1 fully saturated rings. The van der Waals surface area contributed by atoms with Crippen LogP contribution in [0, 0.1) is 5.92 Å². The van der Waals surface area contributed by atoms with Gasteiger partial charge in [0.1, 0.15) is 0 Å². The van der Waals surface area contributed by atoms with Crippen molar-refractivity contribution in [2.24, 2.45) is 11.7 Å². The first-order valence-electron chi connectivity index (χ1n) is 6.15. The molecule has 0 amide bonds. The van der Waals surface area contributed by atoms with E-state index in [0.717, 1.165) is 23.7 Å². The number of hydrogen-bond donors (Lipinski definition) is 2. The van der Waals surface area contributed by atoms with Crippen LogP contribution < -0.4 is 5.73 Å². The lowest BCUT2D eigenvalue weighted by atomic mass is 10.2. The molecular formula is C11H20N4O2. The van der Waals surface area contributed by atoms with E-state index in [1.807, 2.05) is 4.68 Å². The fourth-order valence-electron chi connectivity index (χ4n) is 1.84. The molecule has 0 spiro atoms. The van der Waals surface area contributed by atoms with E-state index in [1.165, 1.54) is 12.8 Å². The smallest absolute Gasteiger partial charge is 0.0994 e. The third-order valence-electron chi connectivity index (χ3n) is 2.97. The Hall–Kier alpha value is -0.980. The lowest BCUT2D eigenvalue weighted by molar-refractivity contribution is 0.0847. The van der Waals surface area contributed by atoms with Crippen LogP contribution in [0.5, 0.6) is 0 Å². The molecule has 0 radical (unpaired) electrons. The summed E-state index contributed by atoms with van der Waals surface area (Å²) >= 11 is 0. The van der Waals surface area contributed by atoms with Gasteiger partial charge in [0.2, 0.25) is 0 Å². The summed E-state index contributed by atoms with van der Waals surface area (Å²) in [4.78, 5) is 0. The van der Waals surface area contributed by atoms with Gasteiger partial charge >= 0.3 is 0 Å². The Bertz CT molecular complexity index is 349. The van der Waals surface area contributed by atoms with Crippen LogP contribution >= 0.6 is 0 Å².